The van der Waals surface area contributed by atoms with Gasteiger partial charge in [0.1, 0.15) is 5.82 Å². The number of hydrogen-bond acceptors (Lipinski definition) is 5. The van der Waals surface area contributed by atoms with Crippen LogP contribution in [0.15, 0.2) is 12.4 Å². The monoisotopic (exact) mass is 267 g/mol. The maximum absolute atomic E-state index is 10.8. The van der Waals surface area contributed by atoms with Crippen molar-refractivity contribution in [1.82, 2.24) is 9.97 Å². The van der Waals surface area contributed by atoms with Gasteiger partial charge in [0, 0.05) is 6.04 Å². The molecular formula is C13H21N3O3. The van der Waals surface area contributed by atoms with Crippen LogP contribution in [0, 0.1) is 0 Å². The number of aromatic nitrogens is 2. The number of hydrogen-bond donors (Lipinski definition) is 2. The first kappa shape index (κ1) is 15.2. The van der Waals surface area contributed by atoms with Gasteiger partial charge in [-0.2, -0.15) is 4.98 Å². The Morgan fingerprint density at radius 2 is 2.21 bits per heavy atom. The predicted molar refractivity (Wildman–Crippen MR) is 72.4 cm³/mol. The van der Waals surface area contributed by atoms with E-state index in [2.05, 4.69) is 15.3 Å². The van der Waals surface area contributed by atoms with Crippen molar-refractivity contribution in [3.63, 3.8) is 0 Å². The molecule has 106 valence electrons. The molecular weight excluding hydrogens is 246 g/mol. The van der Waals surface area contributed by atoms with Gasteiger partial charge in [0.15, 0.2) is 0 Å². The highest BCUT2D eigenvalue weighted by Gasteiger charge is 2.13. The van der Waals surface area contributed by atoms with E-state index in [4.69, 9.17) is 9.84 Å². The third-order valence-electron chi connectivity index (χ3n) is 2.48. The first-order chi connectivity index (χ1) is 9.15. The Bertz CT molecular complexity index is 398. The first-order valence-electron chi connectivity index (χ1n) is 6.58. The van der Waals surface area contributed by atoms with Gasteiger partial charge in [-0.3, -0.25) is 9.78 Å². The lowest BCUT2D eigenvalue weighted by Gasteiger charge is -2.16. The molecule has 0 amide bonds. The molecule has 1 atom stereocenters. The largest absolute Gasteiger partial charge is 0.481 e. The number of carboxylic acids is 1. The molecule has 0 aromatic carbocycles. The summed E-state index contributed by atoms with van der Waals surface area (Å²) in [5, 5.41) is 12.0. The molecule has 0 radical (unpaired) electrons. The summed E-state index contributed by atoms with van der Waals surface area (Å²) in [5.74, 6) is 0.183. The van der Waals surface area contributed by atoms with Crippen LogP contribution < -0.4 is 10.1 Å². The Labute approximate surface area is 113 Å². The molecule has 0 spiro atoms. The fraction of sp³-hybridized carbons (Fsp3) is 0.615. The fourth-order valence-corrected chi connectivity index (χ4v) is 1.69. The smallest absolute Gasteiger partial charge is 0.305 e. The standard InChI is InChI=1S/C13H21N3O3/c1-3-5-10(7-13(17)18)15-11-8-14-9-12(16-11)19-6-4-2/h8-10H,3-7H2,1-2H3,(H,15,16)(H,17,18). The van der Waals surface area contributed by atoms with Crippen molar-refractivity contribution >= 4 is 11.8 Å². The van der Waals surface area contributed by atoms with Crippen LogP contribution in [0.4, 0.5) is 5.82 Å². The van der Waals surface area contributed by atoms with E-state index in [1.54, 1.807) is 12.4 Å². The zero-order valence-corrected chi connectivity index (χ0v) is 11.4. The molecule has 1 rings (SSSR count). The molecule has 0 aliphatic rings. The molecule has 6 nitrogen and oxygen atoms in total. The van der Waals surface area contributed by atoms with Gasteiger partial charge in [0.25, 0.3) is 0 Å². The van der Waals surface area contributed by atoms with Crippen LogP contribution in [0.1, 0.15) is 39.5 Å². The number of nitrogens with one attached hydrogen (secondary N) is 1. The molecule has 0 fully saturated rings. The molecule has 0 aliphatic carbocycles. The Kier molecular flexibility index (Phi) is 6.63. The minimum Gasteiger partial charge on any atom is -0.481 e. The van der Waals surface area contributed by atoms with E-state index in [0.717, 1.165) is 19.3 Å². The van der Waals surface area contributed by atoms with Crippen molar-refractivity contribution in [2.45, 2.75) is 45.6 Å². The zero-order chi connectivity index (χ0) is 14.1. The van der Waals surface area contributed by atoms with Gasteiger partial charge in [-0.15, -0.1) is 0 Å². The van der Waals surface area contributed by atoms with Gasteiger partial charge < -0.3 is 15.2 Å². The topological polar surface area (TPSA) is 84.3 Å². The van der Waals surface area contributed by atoms with Crippen molar-refractivity contribution < 1.29 is 14.6 Å². The Balaban J connectivity index is 2.64. The van der Waals surface area contributed by atoms with Gasteiger partial charge in [0.2, 0.25) is 5.88 Å². The van der Waals surface area contributed by atoms with Gasteiger partial charge >= 0.3 is 5.97 Å². The maximum Gasteiger partial charge on any atom is 0.305 e. The molecule has 19 heavy (non-hydrogen) atoms. The average Bonchev–Trinajstić information content (AvgIpc) is 2.36. The normalized spacial score (nSPS) is 11.9. The minimum absolute atomic E-state index is 0.0650. The van der Waals surface area contributed by atoms with E-state index in [1.165, 1.54) is 0 Å². The second-order valence-electron chi connectivity index (χ2n) is 4.32. The average molecular weight is 267 g/mol. The highest BCUT2D eigenvalue weighted by molar-refractivity contribution is 5.68. The first-order valence-corrected chi connectivity index (χ1v) is 6.58. The zero-order valence-electron chi connectivity index (χ0n) is 11.4. The van der Waals surface area contributed by atoms with Crippen molar-refractivity contribution in [2.24, 2.45) is 0 Å². The van der Waals surface area contributed by atoms with Crippen LogP contribution >= 0.6 is 0 Å². The summed E-state index contributed by atoms with van der Waals surface area (Å²) in [6.45, 7) is 4.62. The van der Waals surface area contributed by atoms with Gasteiger partial charge in [-0.1, -0.05) is 20.3 Å². The SMILES string of the molecule is CCCOc1cncc(NC(CCC)CC(=O)O)n1. The molecule has 0 saturated heterocycles. The van der Waals surface area contributed by atoms with Crippen molar-refractivity contribution in [3.05, 3.63) is 12.4 Å². The second-order valence-corrected chi connectivity index (χ2v) is 4.32. The summed E-state index contributed by atoms with van der Waals surface area (Å²) in [7, 11) is 0. The van der Waals surface area contributed by atoms with E-state index >= 15 is 0 Å². The minimum atomic E-state index is -0.822. The van der Waals surface area contributed by atoms with Gasteiger partial charge in [0.05, 0.1) is 25.4 Å². The number of carboxylic acid groups (broad SMARTS) is 1. The Morgan fingerprint density at radius 1 is 1.42 bits per heavy atom. The molecule has 2 N–H and O–H groups in total. The van der Waals surface area contributed by atoms with Crippen LogP contribution in [0.3, 0.4) is 0 Å². The van der Waals surface area contributed by atoms with Crippen molar-refractivity contribution in [2.75, 3.05) is 11.9 Å². The molecule has 1 aromatic heterocycles. The van der Waals surface area contributed by atoms with Gasteiger partial charge in [-0.25, -0.2) is 0 Å². The summed E-state index contributed by atoms with van der Waals surface area (Å²) in [6.07, 6.45) is 5.76. The lowest BCUT2D eigenvalue weighted by Crippen LogP contribution is -2.23. The van der Waals surface area contributed by atoms with E-state index < -0.39 is 5.97 Å². The molecule has 0 bridgehead atoms. The molecule has 6 heteroatoms. The molecule has 1 heterocycles. The van der Waals surface area contributed by atoms with E-state index in [0.29, 0.717) is 18.3 Å². The lowest BCUT2D eigenvalue weighted by atomic mass is 10.1. The third kappa shape index (κ3) is 6.03. The van der Waals surface area contributed by atoms with Crippen molar-refractivity contribution in [3.8, 4) is 5.88 Å². The fourth-order valence-electron chi connectivity index (χ4n) is 1.69. The summed E-state index contributed by atoms with van der Waals surface area (Å²) >= 11 is 0. The summed E-state index contributed by atoms with van der Waals surface area (Å²) in [6, 6.07) is -0.141. The molecule has 0 saturated carbocycles. The Morgan fingerprint density at radius 3 is 2.84 bits per heavy atom. The number of anilines is 1. The highest BCUT2D eigenvalue weighted by atomic mass is 16.5. The predicted octanol–water partition coefficient (Wildman–Crippen LogP) is 2.32. The Hall–Kier alpha value is -1.85. The number of aliphatic carboxylic acids is 1. The van der Waals surface area contributed by atoms with Crippen LogP contribution in [0.5, 0.6) is 5.88 Å². The number of nitrogens with zero attached hydrogens (tertiary/aromatic N) is 2. The third-order valence-corrected chi connectivity index (χ3v) is 2.48. The lowest BCUT2D eigenvalue weighted by molar-refractivity contribution is -0.137. The number of ether oxygens (including phenoxy) is 1. The van der Waals surface area contributed by atoms with Crippen LogP contribution in [-0.2, 0) is 4.79 Å². The van der Waals surface area contributed by atoms with E-state index in [9.17, 15) is 4.79 Å². The summed E-state index contributed by atoms with van der Waals surface area (Å²) in [4.78, 5) is 19.1. The van der Waals surface area contributed by atoms with Gasteiger partial charge in [-0.05, 0) is 12.8 Å². The van der Waals surface area contributed by atoms with Crippen LogP contribution in [0.2, 0.25) is 0 Å². The van der Waals surface area contributed by atoms with Crippen LogP contribution in [0.25, 0.3) is 0 Å². The highest BCUT2D eigenvalue weighted by Crippen LogP contribution is 2.13. The number of carbonyl (C=O) groups is 1. The summed E-state index contributed by atoms with van der Waals surface area (Å²) < 4.78 is 5.39. The van der Waals surface area contributed by atoms with Crippen LogP contribution in [-0.4, -0.2) is 33.7 Å². The maximum atomic E-state index is 10.8. The van der Waals surface area contributed by atoms with E-state index in [-0.39, 0.29) is 12.5 Å². The van der Waals surface area contributed by atoms with Crippen molar-refractivity contribution in [1.29, 1.82) is 0 Å². The summed E-state index contributed by atoms with van der Waals surface area (Å²) in [5.41, 5.74) is 0. The molecule has 1 aromatic rings. The second kappa shape index (κ2) is 8.29. The molecule has 1 unspecified atom stereocenters. The number of rotatable bonds is 9. The van der Waals surface area contributed by atoms with E-state index in [1.807, 2.05) is 13.8 Å². The molecule has 0 aliphatic heterocycles. The quantitative estimate of drug-likeness (QED) is 0.714.